The van der Waals surface area contributed by atoms with Crippen molar-refractivity contribution in [2.45, 2.75) is 60.8 Å². The minimum absolute atomic E-state index is 0.543. The lowest BCUT2D eigenvalue weighted by atomic mass is 9.76. The van der Waals surface area contributed by atoms with Gasteiger partial charge in [-0.2, -0.15) is 0 Å². The van der Waals surface area contributed by atoms with Crippen LogP contribution in [0.2, 0.25) is 0 Å². The second-order valence-corrected chi connectivity index (χ2v) is 6.32. The summed E-state index contributed by atoms with van der Waals surface area (Å²) >= 11 is 0. The van der Waals surface area contributed by atoms with Crippen molar-refractivity contribution < 1.29 is 0 Å². The molecule has 0 aliphatic heterocycles. The van der Waals surface area contributed by atoms with Gasteiger partial charge in [0.05, 0.1) is 0 Å². The molecule has 1 fully saturated rings. The fourth-order valence-corrected chi connectivity index (χ4v) is 2.63. The summed E-state index contributed by atoms with van der Waals surface area (Å²) in [5.74, 6) is 3.91. The molecule has 84 valence electrons. The Morgan fingerprint density at radius 3 is 2.14 bits per heavy atom. The van der Waals surface area contributed by atoms with E-state index in [-0.39, 0.29) is 0 Å². The molecule has 3 unspecified atom stereocenters. The van der Waals surface area contributed by atoms with E-state index in [4.69, 9.17) is 0 Å². The average molecular weight is 196 g/mol. The third kappa shape index (κ3) is 2.52. The van der Waals surface area contributed by atoms with E-state index in [0.29, 0.717) is 5.41 Å². The summed E-state index contributed by atoms with van der Waals surface area (Å²) in [6, 6.07) is 0. The van der Waals surface area contributed by atoms with Gasteiger partial charge < -0.3 is 0 Å². The summed E-state index contributed by atoms with van der Waals surface area (Å²) < 4.78 is 0. The molecular formula is C14H28. The van der Waals surface area contributed by atoms with E-state index in [1.165, 1.54) is 19.3 Å². The molecule has 0 radical (unpaired) electrons. The van der Waals surface area contributed by atoms with E-state index in [1.807, 2.05) is 0 Å². The van der Waals surface area contributed by atoms with Crippen LogP contribution in [0.25, 0.3) is 0 Å². The van der Waals surface area contributed by atoms with E-state index >= 15 is 0 Å². The molecule has 0 bridgehead atoms. The molecule has 0 aromatic heterocycles. The van der Waals surface area contributed by atoms with Crippen LogP contribution in [0.3, 0.4) is 0 Å². The smallest absolute Gasteiger partial charge is 0.0328 e. The summed E-state index contributed by atoms with van der Waals surface area (Å²) in [7, 11) is 0. The van der Waals surface area contributed by atoms with Crippen LogP contribution in [0.1, 0.15) is 60.8 Å². The summed E-state index contributed by atoms with van der Waals surface area (Å²) in [5.41, 5.74) is 0.543. The standard InChI is InChI=1S/C14H28/c1-7-8-12-11(4)13(12)9-14(5,6)10(2)3/h10-13H,7-9H2,1-6H3. The Kier molecular flexibility index (Phi) is 3.66. The molecule has 1 saturated carbocycles. The van der Waals surface area contributed by atoms with Crippen molar-refractivity contribution in [3.05, 3.63) is 0 Å². The van der Waals surface area contributed by atoms with E-state index < -0.39 is 0 Å². The fourth-order valence-electron chi connectivity index (χ4n) is 2.63. The maximum absolute atomic E-state index is 2.45. The lowest BCUT2D eigenvalue weighted by Gasteiger charge is -2.29. The lowest BCUT2D eigenvalue weighted by molar-refractivity contribution is 0.209. The van der Waals surface area contributed by atoms with Crippen LogP contribution in [0, 0.1) is 29.1 Å². The first kappa shape index (κ1) is 12.1. The van der Waals surface area contributed by atoms with Gasteiger partial charge in [-0.05, 0) is 35.5 Å². The Labute approximate surface area is 90.5 Å². The lowest BCUT2D eigenvalue weighted by Crippen LogP contribution is -2.20. The van der Waals surface area contributed by atoms with Crippen molar-refractivity contribution in [1.29, 1.82) is 0 Å². The molecule has 0 spiro atoms. The highest BCUT2D eigenvalue weighted by Gasteiger charge is 2.47. The molecule has 0 aromatic carbocycles. The predicted molar refractivity (Wildman–Crippen MR) is 64.3 cm³/mol. The second-order valence-electron chi connectivity index (χ2n) is 6.32. The van der Waals surface area contributed by atoms with Gasteiger partial charge in [0.15, 0.2) is 0 Å². The van der Waals surface area contributed by atoms with Crippen molar-refractivity contribution in [3.8, 4) is 0 Å². The third-order valence-corrected chi connectivity index (χ3v) is 4.71. The normalized spacial score (nSPS) is 32.4. The van der Waals surface area contributed by atoms with Crippen LogP contribution in [0.15, 0.2) is 0 Å². The SMILES string of the molecule is CCCC1C(C)C1CC(C)(C)C(C)C. The summed E-state index contributed by atoms with van der Waals surface area (Å²) in [5, 5.41) is 0. The Morgan fingerprint density at radius 2 is 1.71 bits per heavy atom. The zero-order valence-corrected chi connectivity index (χ0v) is 10.9. The molecule has 1 aliphatic rings. The van der Waals surface area contributed by atoms with Crippen molar-refractivity contribution >= 4 is 0 Å². The third-order valence-electron chi connectivity index (χ3n) is 4.71. The molecule has 14 heavy (non-hydrogen) atoms. The molecule has 0 aromatic rings. The molecule has 0 nitrogen and oxygen atoms in total. The van der Waals surface area contributed by atoms with Crippen molar-refractivity contribution in [1.82, 2.24) is 0 Å². The highest BCUT2D eigenvalue weighted by molar-refractivity contribution is 4.96. The molecule has 1 rings (SSSR count). The minimum atomic E-state index is 0.543. The minimum Gasteiger partial charge on any atom is -0.0654 e. The topological polar surface area (TPSA) is 0 Å². The predicted octanol–water partition coefficient (Wildman–Crippen LogP) is 4.74. The van der Waals surface area contributed by atoms with Crippen LogP contribution in [0.4, 0.5) is 0 Å². The largest absolute Gasteiger partial charge is 0.0654 e. The van der Waals surface area contributed by atoms with Crippen LogP contribution < -0.4 is 0 Å². The Bertz CT molecular complexity index is 178. The molecule has 0 heteroatoms. The fraction of sp³-hybridized carbons (Fsp3) is 1.00. The molecule has 1 aliphatic carbocycles. The molecular weight excluding hydrogens is 168 g/mol. The van der Waals surface area contributed by atoms with E-state index in [1.54, 1.807) is 0 Å². The van der Waals surface area contributed by atoms with Gasteiger partial charge in [-0.15, -0.1) is 0 Å². The molecule has 0 saturated heterocycles. The van der Waals surface area contributed by atoms with Crippen molar-refractivity contribution in [3.63, 3.8) is 0 Å². The Balaban J connectivity index is 2.40. The first-order chi connectivity index (χ1) is 6.40. The molecule has 0 amide bonds. The van der Waals surface area contributed by atoms with E-state index in [9.17, 15) is 0 Å². The monoisotopic (exact) mass is 196 g/mol. The molecule has 0 N–H and O–H groups in total. The summed E-state index contributed by atoms with van der Waals surface area (Å²) in [4.78, 5) is 0. The van der Waals surface area contributed by atoms with Gasteiger partial charge in [-0.3, -0.25) is 0 Å². The zero-order chi connectivity index (χ0) is 10.9. The number of rotatable bonds is 5. The highest BCUT2D eigenvalue weighted by Crippen LogP contribution is 2.55. The second kappa shape index (κ2) is 4.24. The number of hydrogen-bond acceptors (Lipinski definition) is 0. The first-order valence-electron chi connectivity index (χ1n) is 6.40. The van der Waals surface area contributed by atoms with Crippen LogP contribution in [-0.4, -0.2) is 0 Å². The molecule has 0 heterocycles. The van der Waals surface area contributed by atoms with E-state index in [0.717, 1.165) is 23.7 Å². The first-order valence-corrected chi connectivity index (χ1v) is 6.40. The van der Waals surface area contributed by atoms with Gasteiger partial charge in [0.25, 0.3) is 0 Å². The average Bonchev–Trinajstić information content (AvgIpc) is 2.63. The van der Waals surface area contributed by atoms with Gasteiger partial charge in [-0.1, -0.05) is 54.4 Å². The maximum atomic E-state index is 2.45. The van der Waals surface area contributed by atoms with Gasteiger partial charge in [-0.25, -0.2) is 0 Å². The van der Waals surface area contributed by atoms with E-state index in [2.05, 4.69) is 41.5 Å². The maximum Gasteiger partial charge on any atom is -0.0328 e. The zero-order valence-electron chi connectivity index (χ0n) is 10.9. The van der Waals surface area contributed by atoms with Crippen LogP contribution >= 0.6 is 0 Å². The van der Waals surface area contributed by atoms with Crippen molar-refractivity contribution in [2.24, 2.45) is 29.1 Å². The summed E-state index contributed by atoms with van der Waals surface area (Å²) in [6.45, 7) is 14.4. The van der Waals surface area contributed by atoms with Gasteiger partial charge in [0.2, 0.25) is 0 Å². The van der Waals surface area contributed by atoms with Gasteiger partial charge >= 0.3 is 0 Å². The van der Waals surface area contributed by atoms with Gasteiger partial charge in [0, 0.05) is 0 Å². The van der Waals surface area contributed by atoms with Crippen LogP contribution in [-0.2, 0) is 0 Å². The summed E-state index contributed by atoms with van der Waals surface area (Å²) in [6.07, 6.45) is 4.27. The number of hydrogen-bond donors (Lipinski definition) is 0. The van der Waals surface area contributed by atoms with Crippen LogP contribution in [0.5, 0.6) is 0 Å². The highest BCUT2D eigenvalue weighted by atomic mass is 14.5. The van der Waals surface area contributed by atoms with Gasteiger partial charge in [0.1, 0.15) is 0 Å². The molecule has 3 atom stereocenters. The Hall–Kier alpha value is 0. The quantitative estimate of drug-likeness (QED) is 0.595. The van der Waals surface area contributed by atoms with Crippen molar-refractivity contribution in [2.75, 3.05) is 0 Å². The Morgan fingerprint density at radius 1 is 1.14 bits per heavy atom.